The zero-order chi connectivity index (χ0) is 39.6. The largest absolute Gasteiger partial charge is 0.309 e. The van der Waals surface area contributed by atoms with E-state index in [0.717, 1.165) is 72.3 Å². The molecule has 0 atom stereocenters. The highest BCUT2D eigenvalue weighted by Crippen LogP contribution is 2.43. The molecule has 0 amide bonds. The average Bonchev–Trinajstić information content (AvgIpc) is 3.89. The van der Waals surface area contributed by atoms with Crippen LogP contribution >= 0.6 is 0 Å². The van der Waals surface area contributed by atoms with Gasteiger partial charge in [0.1, 0.15) is 5.82 Å². The summed E-state index contributed by atoms with van der Waals surface area (Å²) < 4.78 is 4.70. The monoisotopic (exact) mass is 766 g/mol. The van der Waals surface area contributed by atoms with Crippen molar-refractivity contribution in [2.24, 2.45) is 0 Å². The minimum Gasteiger partial charge on any atom is -0.309 e. The van der Waals surface area contributed by atoms with Crippen molar-refractivity contribution < 1.29 is 0 Å². The standard InChI is InChI=1S/C54H34N6/c1-5-18-35(19-6-1)51-56-52(36-20-7-2-8-21-36)58-53(57-51)38-24-17-27-40(32-38)59-47-31-16-15-29-42(47)45-33-44-41-28-13-14-30-43(41)50-49(46(44)34-48(45)59)55-54(37-22-9-3-10-23-37)60(50)39-25-11-4-12-26-39/h1-34H. The van der Waals surface area contributed by atoms with E-state index in [1.165, 1.54) is 21.5 Å². The quantitative estimate of drug-likeness (QED) is 0.158. The first-order valence-corrected chi connectivity index (χ1v) is 20.2. The van der Waals surface area contributed by atoms with Gasteiger partial charge in [-0.2, -0.15) is 0 Å². The second-order valence-corrected chi connectivity index (χ2v) is 15.1. The molecular weight excluding hydrogens is 733 g/mol. The number of fused-ring (bicyclic) bond motifs is 9. The van der Waals surface area contributed by atoms with Crippen LogP contribution in [0.25, 0.3) is 111 Å². The van der Waals surface area contributed by atoms with Crippen LogP contribution in [0.1, 0.15) is 0 Å². The van der Waals surface area contributed by atoms with Crippen LogP contribution in [0, 0.1) is 0 Å². The maximum Gasteiger partial charge on any atom is 0.164 e. The number of aromatic nitrogens is 6. The van der Waals surface area contributed by atoms with E-state index in [2.05, 4.69) is 155 Å². The Morgan fingerprint density at radius 3 is 1.47 bits per heavy atom. The smallest absolute Gasteiger partial charge is 0.164 e. The number of benzene rings is 9. The minimum absolute atomic E-state index is 0.615. The number of hydrogen-bond acceptors (Lipinski definition) is 4. The van der Waals surface area contributed by atoms with E-state index >= 15 is 0 Å². The summed E-state index contributed by atoms with van der Waals surface area (Å²) in [5, 5.41) is 6.98. The van der Waals surface area contributed by atoms with Gasteiger partial charge in [-0.1, -0.05) is 164 Å². The van der Waals surface area contributed by atoms with Gasteiger partial charge in [0.2, 0.25) is 0 Å². The van der Waals surface area contributed by atoms with E-state index in [0.29, 0.717) is 17.5 Å². The van der Waals surface area contributed by atoms with Gasteiger partial charge in [0.15, 0.2) is 17.5 Å². The summed E-state index contributed by atoms with van der Waals surface area (Å²) in [5.41, 5.74) is 10.2. The predicted octanol–water partition coefficient (Wildman–Crippen LogP) is 13.3. The molecule has 0 aliphatic carbocycles. The van der Waals surface area contributed by atoms with Crippen LogP contribution in [0.15, 0.2) is 206 Å². The Morgan fingerprint density at radius 1 is 0.283 bits per heavy atom. The third kappa shape index (κ3) is 5.42. The van der Waals surface area contributed by atoms with Crippen LogP contribution in [0.4, 0.5) is 0 Å². The highest BCUT2D eigenvalue weighted by atomic mass is 15.1. The van der Waals surface area contributed by atoms with Gasteiger partial charge >= 0.3 is 0 Å². The van der Waals surface area contributed by atoms with E-state index in [-0.39, 0.29) is 0 Å². The third-order valence-electron chi connectivity index (χ3n) is 11.5. The topological polar surface area (TPSA) is 61.4 Å². The molecule has 0 spiro atoms. The molecule has 12 rings (SSSR count). The summed E-state index contributed by atoms with van der Waals surface area (Å²) in [4.78, 5) is 20.6. The molecule has 0 bridgehead atoms. The zero-order valence-electron chi connectivity index (χ0n) is 32.3. The van der Waals surface area contributed by atoms with E-state index < -0.39 is 0 Å². The Kier molecular flexibility index (Phi) is 7.74. The molecule has 3 heterocycles. The van der Waals surface area contributed by atoms with Crippen LogP contribution in [0.2, 0.25) is 0 Å². The Hall–Kier alpha value is -8.22. The fraction of sp³-hybridized carbons (Fsp3) is 0. The van der Waals surface area contributed by atoms with Gasteiger partial charge in [-0.3, -0.25) is 4.57 Å². The number of nitrogens with zero attached hydrogens (tertiary/aromatic N) is 6. The predicted molar refractivity (Wildman–Crippen MR) is 246 cm³/mol. The molecule has 9 aromatic carbocycles. The van der Waals surface area contributed by atoms with Crippen LogP contribution in [0.5, 0.6) is 0 Å². The third-order valence-corrected chi connectivity index (χ3v) is 11.5. The molecular formula is C54H34N6. The molecule has 60 heavy (non-hydrogen) atoms. The maximum absolute atomic E-state index is 5.55. The maximum atomic E-state index is 5.55. The van der Waals surface area contributed by atoms with Crippen LogP contribution in [0.3, 0.4) is 0 Å². The van der Waals surface area contributed by atoms with Gasteiger partial charge in [-0.25, -0.2) is 19.9 Å². The lowest BCUT2D eigenvalue weighted by atomic mass is 9.97. The molecule has 6 heteroatoms. The van der Waals surface area contributed by atoms with Gasteiger partial charge in [0.05, 0.1) is 22.1 Å². The van der Waals surface area contributed by atoms with Crippen molar-refractivity contribution in [1.29, 1.82) is 0 Å². The van der Waals surface area contributed by atoms with Crippen molar-refractivity contribution in [3.63, 3.8) is 0 Å². The normalized spacial score (nSPS) is 11.7. The summed E-state index contributed by atoms with van der Waals surface area (Å²) in [6.07, 6.45) is 0. The second-order valence-electron chi connectivity index (χ2n) is 15.1. The van der Waals surface area contributed by atoms with Gasteiger partial charge in [-0.15, -0.1) is 0 Å². The molecule has 12 aromatic rings. The molecule has 0 N–H and O–H groups in total. The number of para-hydroxylation sites is 2. The fourth-order valence-corrected chi connectivity index (χ4v) is 8.82. The molecule has 0 saturated heterocycles. The molecule has 6 nitrogen and oxygen atoms in total. The molecule has 0 aliphatic rings. The lowest BCUT2D eigenvalue weighted by Gasteiger charge is -2.13. The highest BCUT2D eigenvalue weighted by Gasteiger charge is 2.23. The first-order chi connectivity index (χ1) is 29.8. The van der Waals surface area contributed by atoms with Crippen LogP contribution in [-0.2, 0) is 0 Å². The molecule has 0 radical (unpaired) electrons. The molecule has 0 fully saturated rings. The summed E-state index contributed by atoms with van der Waals surface area (Å²) >= 11 is 0. The van der Waals surface area contributed by atoms with Gasteiger partial charge in [0.25, 0.3) is 0 Å². The fourth-order valence-electron chi connectivity index (χ4n) is 8.82. The number of rotatable bonds is 6. The second kappa shape index (κ2) is 13.7. The average molecular weight is 767 g/mol. The molecule has 0 unspecified atom stereocenters. The van der Waals surface area contributed by atoms with Crippen molar-refractivity contribution in [1.82, 2.24) is 29.1 Å². The highest BCUT2D eigenvalue weighted by molar-refractivity contribution is 6.28. The zero-order valence-corrected chi connectivity index (χ0v) is 32.3. The summed E-state index contributed by atoms with van der Waals surface area (Å²) in [6, 6.07) is 72.0. The summed E-state index contributed by atoms with van der Waals surface area (Å²) in [7, 11) is 0. The van der Waals surface area contributed by atoms with Gasteiger partial charge < -0.3 is 4.57 Å². The number of imidazole rings is 1. The van der Waals surface area contributed by atoms with Crippen LogP contribution in [-0.4, -0.2) is 29.1 Å². The Labute approximate surface area is 345 Å². The van der Waals surface area contributed by atoms with E-state index in [4.69, 9.17) is 19.9 Å². The lowest BCUT2D eigenvalue weighted by Crippen LogP contribution is -2.01. The van der Waals surface area contributed by atoms with E-state index in [1.54, 1.807) is 0 Å². The van der Waals surface area contributed by atoms with Crippen LogP contribution < -0.4 is 0 Å². The molecule has 0 saturated carbocycles. The van der Waals surface area contributed by atoms with Crippen molar-refractivity contribution >= 4 is 54.4 Å². The Bertz CT molecular complexity index is 3520. The van der Waals surface area contributed by atoms with Crippen molar-refractivity contribution in [3.8, 4) is 56.9 Å². The molecule has 3 aromatic heterocycles. The Balaban J connectivity index is 1.13. The van der Waals surface area contributed by atoms with Crippen molar-refractivity contribution in [2.75, 3.05) is 0 Å². The Morgan fingerprint density at radius 2 is 0.800 bits per heavy atom. The summed E-state index contributed by atoms with van der Waals surface area (Å²) in [5.74, 6) is 2.79. The van der Waals surface area contributed by atoms with Gasteiger partial charge in [0, 0.05) is 55.2 Å². The lowest BCUT2D eigenvalue weighted by molar-refractivity contribution is 1.07. The van der Waals surface area contributed by atoms with Gasteiger partial charge in [-0.05, 0) is 53.2 Å². The molecule has 280 valence electrons. The van der Waals surface area contributed by atoms with E-state index in [9.17, 15) is 0 Å². The molecule has 0 aliphatic heterocycles. The van der Waals surface area contributed by atoms with Crippen molar-refractivity contribution in [3.05, 3.63) is 206 Å². The van der Waals surface area contributed by atoms with E-state index in [1.807, 2.05) is 60.7 Å². The first-order valence-electron chi connectivity index (χ1n) is 20.2. The van der Waals surface area contributed by atoms with Crippen molar-refractivity contribution in [2.45, 2.75) is 0 Å². The summed E-state index contributed by atoms with van der Waals surface area (Å²) in [6.45, 7) is 0. The SMILES string of the molecule is c1ccc(-c2nc(-c3ccccc3)nc(-c3cccc(-n4c5ccccc5c5cc6c7ccccc7c7c(nc(-c8ccccc8)n7-c7ccccc7)c6cc54)c3)n2)cc1. The first kappa shape index (κ1) is 33.9. The minimum atomic E-state index is 0.615. The number of hydrogen-bond donors (Lipinski definition) is 0.